The van der Waals surface area contributed by atoms with Crippen LogP contribution in [0.4, 0.5) is 0 Å². The third-order valence-electron chi connectivity index (χ3n) is 6.54. The number of carbonyl (C=O) groups is 2. The summed E-state index contributed by atoms with van der Waals surface area (Å²) in [4.78, 5) is 27.1. The summed E-state index contributed by atoms with van der Waals surface area (Å²) in [7, 11) is -0.355. The van der Waals surface area contributed by atoms with Gasteiger partial charge in [-0.2, -0.15) is 10.2 Å². The van der Waals surface area contributed by atoms with Crippen LogP contribution in [-0.2, 0) is 35.1 Å². The molecule has 1 N–H and O–H groups in total. The van der Waals surface area contributed by atoms with Gasteiger partial charge in [0, 0.05) is 44.6 Å². The minimum absolute atomic E-state index is 0.0129. The lowest BCUT2D eigenvalue weighted by molar-refractivity contribution is -0.00266. The van der Waals surface area contributed by atoms with Gasteiger partial charge in [-0.1, -0.05) is 11.6 Å². The lowest BCUT2D eigenvalue weighted by Crippen LogP contribution is -2.15. The number of aromatic nitrogens is 4. The zero-order valence-corrected chi connectivity index (χ0v) is 23.8. The van der Waals surface area contributed by atoms with Gasteiger partial charge in [0.25, 0.3) is 0 Å². The van der Waals surface area contributed by atoms with Crippen LogP contribution >= 0.6 is 11.6 Å². The number of rotatable bonds is 12. The maximum absolute atomic E-state index is 14.0. The number of aryl methyl sites for hydroxylation is 3. The average molecular weight is 579 g/mol. The van der Waals surface area contributed by atoms with E-state index in [0.29, 0.717) is 36.4 Å². The molecule has 1 aliphatic rings. The Morgan fingerprint density at radius 1 is 1.15 bits per heavy atom. The fraction of sp³-hybridized carbons (Fsp3) is 0.462. The molecule has 0 aliphatic heterocycles. The highest BCUT2D eigenvalue weighted by Gasteiger charge is 2.37. The van der Waals surface area contributed by atoms with E-state index in [1.54, 1.807) is 21.0 Å². The summed E-state index contributed by atoms with van der Waals surface area (Å²) in [5.41, 5.74) is 1.80. The first kappa shape index (κ1) is 28.9. The summed E-state index contributed by atoms with van der Waals surface area (Å²) >= 11 is 6.73. The van der Waals surface area contributed by atoms with Crippen molar-refractivity contribution in [2.24, 2.45) is 14.1 Å². The van der Waals surface area contributed by atoms with Gasteiger partial charge in [0.1, 0.15) is 17.9 Å². The number of aliphatic hydroxyl groups is 1. The minimum Gasteiger partial charge on any atom is -0.403 e. The molecule has 0 bridgehead atoms. The van der Waals surface area contributed by atoms with Crippen molar-refractivity contribution in [3.8, 4) is 5.88 Å². The summed E-state index contributed by atoms with van der Waals surface area (Å²) in [5.74, 6) is -1.15. The molecule has 13 heteroatoms. The Kier molecular flexibility index (Phi) is 8.60. The maximum atomic E-state index is 14.0. The molecule has 2 heterocycles. The van der Waals surface area contributed by atoms with Crippen LogP contribution in [0.5, 0.6) is 5.88 Å². The van der Waals surface area contributed by atoms with E-state index in [2.05, 4.69) is 10.2 Å². The van der Waals surface area contributed by atoms with Crippen LogP contribution in [-0.4, -0.2) is 64.5 Å². The first-order valence-electron chi connectivity index (χ1n) is 12.5. The molecule has 2 aromatic heterocycles. The second kappa shape index (κ2) is 11.6. The Morgan fingerprint density at radius 2 is 1.87 bits per heavy atom. The van der Waals surface area contributed by atoms with E-state index in [4.69, 9.17) is 26.2 Å². The van der Waals surface area contributed by atoms with Crippen molar-refractivity contribution in [3.63, 3.8) is 0 Å². The van der Waals surface area contributed by atoms with E-state index in [9.17, 15) is 18.0 Å². The second-order valence-corrected chi connectivity index (χ2v) is 12.0. The van der Waals surface area contributed by atoms with Crippen LogP contribution in [0.25, 0.3) is 0 Å². The fourth-order valence-corrected chi connectivity index (χ4v) is 5.88. The van der Waals surface area contributed by atoms with Crippen LogP contribution < -0.4 is 4.74 Å². The predicted octanol–water partition coefficient (Wildman–Crippen LogP) is 3.14. The zero-order valence-electron chi connectivity index (χ0n) is 22.2. The molecule has 1 aliphatic carbocycles. The molecule has 0 unspecified atom stereocenters. The molecule has 0 saturated heterocycles. The number of hydrogen-bond donors (Lipinski definition) is 1. The van der Waals surface area contributed by atoms with Gasteiger partial charge in [-0.15, -0.1) is 0 Å². The Morgan fingerprint density at radius 3 is 2.46 bits per heavy atom. The number of ether oxygens (including phenoxy) is 2. The highest BCUT2D eigenvalue weighted by Crippen LogP contribution is 2.44. The number of esters is 1. The van der Waals surface area contributed by atoms with Crippen molar-refractivity contribution in [1.29, 1.82) is 0 Å². The number of carbonyl (C=O) groups excluding carboxylic acids is 2. The maximum Gasteiger partial charge on any atom is 0.348 e. The molecule has 1 aromatic carbocycles. The molecule has 0 spiro atoms. The molecule has 4 rings (SSSR count). The highest BCUT2D eigenvalue weighted by atomic mass is 35.5. The lowest BCUT2D eigenvalue weighted by Gasteiger charge is -2.14. The van der Waals surface area contributed by atoms with Crippen LogP contribution in [0.3, 0.4) is 0 Å². The van der Waals surface area contributed by atoms with Gasteiger partial charge in [-0.25, -0.2) is 17.9 Å². The number of ketones is 1. The van der Waals surface area contributed by atoms with Crippen molar-refractivity contribution < 1.29 is 32.6 Å². The van der Waals surface area contributed by atoms with E-state index >= 15 is 0 Å². The first-order valence-corrected chi connectivity index (χ1v) is 14.7. The molecular weight excluding hydrogens is 548 g/mol. The molecule has 1 fully saturated rings. The van der Waals surface area contributed by atoms with Crippen LogP contribution in [0.2, 0.25) is 5.02 Å². The normalized spacial score (nSPS) is 13.6. The number of halogens is 1. The smallest absolute Gasteiger partial charge is 0.348 e. The molecule has 3 aromatic rings. The van der Waals surface area contributed by atoms with Crippen LogP contribution in [0.15, 0.2) is 23.2 Å². The topological polar surface area (TPSA) is 143 Å². The standard InChI is InChI=1S/C26H31ClN4O7S/c1-15-19(13-30(2)28-15)26(34)38-25-21(23(16-8-9-16)29-31(25)3)24(33)18-10-11-20(39(4,35)36)17(22(18)27)7-5-6-12-37-14-32/h10-11,13,16,32H,5-9,12,14H2,1-4H3. The molecule has 0 atom stereocenters. The number of aliphatic hydroxyl groups excluding tert-OH is 1. The lowest BCUT2D eigenvalue weighted by atomic mass is 9.97. The van der Waals surface area contributed by atoms with Crippen LogP contribution in [0.1, 0.15) is 74.8 Å². The summed E-state index contributed by atoms with van der Waals surface area (Å²) < 4.78 is 38.5. The molecule has 39 heavy (non-hydrogen) atoms. The van der Waals surface area contributed by atoms with Crippen molar-refractivity contribution in [2.75, 3.05) is 19.7 Å². The molecule has 11 nitrogen and oxygen atoms in total. The molecule has 0 radical (unpaired) electrons. The summed E-state index contributed by atoms with van der Waals surface area (Å²) in [6.07, 6.45) is 5.66. The fourth-order valence-electron chi connectivity index (χ4n) is 4.51. The van der Waals surface area contributed by atoms with Gasteiger partial charge < -0.3 is 14.6 Å². The number of unbranched alkanes of at least 4 members (excludes halogenated alkanes) is 1. The van der Waals surface area contributed by atoms with Crippen molar-refractivity contribution >= 4 is 33.2 Å². The number of benzene rings is 1. The van der Waals surface area contributed by atoms with Crippen molar-refractivity contribution in [1.82, 2.24) is 19.6 Å². The Labute approximate surface area is 231 Å². The zero-order chi connectivity index (χ0) is 28.5. The highest BCUT2D eigenvalue weighted by molar-refractivity contribution is 7.90. The van der Waals surface area contributed by atoms with Crippen LogP contribution in [0, 0.1) is 6.92 Å². The van der Waals surface area contributed by atoms with Crippen molar-refractivity contribution in [2.45, 2.75) is 49.8 Å². The third kappa shape index (κ3) is 6.24. The monoisotopic (exact) mass is 578 g/mol. The first-order chi connectivity index (χ1) is 18.4. The Balaban J connectivity index is 1.75. The molecule has 1 saturated carbocycles. The van der Waals surface area contributed by atoms with Gasteiger partial charge in [0.05, 0.1) is 21.3 Å². The summed E-state index contributed by atoms with van der Waals surface area (Å²) in [6.45, 7) is 1.58. The van der Waals surface area contributed by atoms with E-state index in [1.807, 2.05) is 0 Å². The molecule has 210 valence electrons. The van der Waals surface area contributed by atoms with Crippen molar-refractivity contribution in [3.05, 3.63) is 57.0 Å². The second-order valence-electron chi connectivity index (χ2n) is 9.65. The van der Waals surface area contributed by atoms with E-state index in [1.165, 1.54) is 27.7 Å². The van der Waals surface area contributed by atoms with E-state index in [0.717, 1.165) is 19.1 Å². The van der Waals surface area contributed by atoms with Gasteiger partial charge in [-0.05, 0) is 56.7 Å². The largest absolute Gasteiger partial charge is 0.403 e. The Hall–Kier alpha value is -3.06. The molecule has 0 amide bonds. The third-order valence-corrected chi connectivity index (χ3v) is 8.15. The quantitative estimate of drug-likeness (QED) is 0.148. The van der Waals surface area contributed by atoms with E-state index < -0.39 is 28.4 Å². The van der Waals surface area contributed by atoms with Gasteiger partial charge in [-0.3, -0.25) is 9.48 Å². The SMILES string of the molecule is Cc1nn(C)cc1C(=O)Oc1c(C(=O)c2ccc(S(C)(=O)=O)c(CCCCOCO)c2Cl)c(C2CC2)nn1C. The van der Waals surface area contributed by atoms with Gasteiger partial charge in [0.2, 0.25) is 11.7 Å². The molecular formula is C26H31ClN4O7S. The van der Waals surface area contributed by atoms with Gasteiger partial charge >= 0.3 is 5.97 Å². The van der Waals surface area contributed by atoms with E-state index in [-0.39, 0.29) is 44.8 Å². The number of nitrogens with zero attached hydrogens (tertiary/aromatic N) is 4. The minimum atomic E-state index is -3.64. The summed E-state index contributed by atoms with van der Waals surface area (Å²) in [5, 5.41) is 17.5. The predicted molar refractivity (Wildman–Crippen MR) is 142 cm³/mol. The number of sulfone groups is 1. The summed E-state index contributed by atoms with van der Waals surface area (Å²) in [6, 6.07) is 2.77. The average Bonchev–Trinajstić information content (AvgIpc) is 3.58. The number of hydrogen-bond acceptors (Lipinski definition) is 9. The Bertz CT molecular complexity index is 1520. The van der Waals surface area contributed by atoms with Gasteiger partial charge in [0.15, 0.2) is 9.84 Å².